The highest BCUT2D eigenvalue weighted by Gasteiger charge is 2.07. The van der Waals surface area contributed by atoms with Gasteiger partial charge >= 0.3 is 5.97 Å². The van der Waals surface area contributed by atoms with Gasteiger partial charge in [-0.2, -0.15) is 0 Å². The van der Waals surface area contributed by atoms with E-state index in [-0.39, 0.29) is 6.42 Å². The van der Waals surface area contributed by atoms with Gasteiger partial charge in [0.2, 0.25) is 0 Å². The smallest absolute Gasteiger partial charge is 0.309 e. The highest BCUT2D eigenvalue weighted by molar-refractivity contribution is 6.20. The van der Waals surface area contributed by atoms with Gasteiger partial charge in [-0.3, -0.25) is 4.79 Å². The lowest BCUT2D eigenvalue weighted by atomic mass is 10.1. The van der Waals surface area contributed by atoms with Crippen LogP contribution in [-0.4, -0.2) is 23.2 Å². The molecule has 0 amide bonds. The zero-order valence-electron chi connectivity index (χ0n) is 13.6. The number of halogens is 1. The summed E-state index contributed by atoms with van der Waals surface area (Å²) in [5.74, 6) is -0.416. The molecule has 0 rings (SSSR count). The fourth-order valence-electron chi connectivity index (χ4n) is 2.33. The van der Waals surface area contributed by atoms with Crippen molar-refractivity contribution in [1.82, 2.24) is 0 Å². The van der Waals surface area contributed by atoms with Crippen LogP contribution in [0.2, 0.25) is 0 Å². The van der Waals surface area contributed by atoms with Gasteiger partial charge in [0.15, 0.2) is 0 Å². The van der Waals surface area contributed by atoms with E-state index in [1.807, 2.05) is 0 Å². The Morgan fingerprint density at radius 3 is 1.76 bits per heavy atom. The predicted molar refractivity (Wildman–Crippen MR) is 88.5 cm³/mol. The van der Waals surface area contributed by atoms with E-state index in [9.17, 15) is 4.79 Å². The molecule has 1 atom stereocenters. The number of esters is 1. The molecule has 0 aromatic heterocycles. The van der Waals surface area contributed by atoms with Crippen molar-refractivity contribution in [3.63, 3.8) is 0 Å². The molecule has 0 aliphatic heterocycles. The fourth-order valence-corrected chi connectivity index (χ4v) is 2.45. The normalized spacial score (nSPS) is 12.3. The summed E-state index contributed by atoms with van der Waals surface area (Å²) in [5.41, 5.74) is -1.13. The summed E-state index contributed by atoms with van der Waals surface area (Å²) < 4.78 is 4.96. The Bertz CT molecular complexity index is 232. The second kappa shape index (κ2) is 16.1. The van der Waals surface area contributed by atoms with Crippen LogP contribution in [-0.2, 0) is 9.53 Å². The van der Waals surface area contributed by atoms with Crippen molar-refractivity contribution in [2.45, 2.75) is 96.0 Å². The van der Waals surface area contributed by atoms with E-state index in [0.29, 0.717) is 6.61 Å². The zero-order chi connectivity index (χ0) is 15.8. The van der Waals surface area contributed by atoms with Crippen molar-refractivity contribution in [3.8, 4) is 0 Å². The number of hydrogen-bond acceptors (Lipinski definition) is 3. The minimum Gasteiger partial charge on any atom is -0.466 e. The largest absolute Gasteiger partial charge is 0.466 e. The molecular formula is C17H33ClO3. The number of hydrogen-bond donors (Lipinski definition) is 1. The van der Waals surface area contributed by atoms with Crippen LogP contribution in [0.3, 0.4) is 0 Å². The average Bonchev–Trinajstić information content (AvgIpc) is 2.43. The molecular weight excluding hydrogens is 288 g/mol. The molecule has 0 aliphatic rings. The van der Waals surface area contributed by atoms with E-state index in [1.165, 1.54) is 64.2 Å². The number of carbonyl (C=O) groups is 1. The summed E-state index contributed by atoms with van der Waals surface area (Å²) in [6.45, 7) is 2.70. The third-order valence-corrected chi connectivity index (χ3v) is 3.75. The molecule has 0 aromatic carbocycles. The number of aliphatic hydroxyl groups excluding tert-OH is 1. The Labute approximate surface area is 135 Å². The third-order valence-electron chi connectivity index (χ3n) is 3.60. The van der Waals surface area contributed by atoms with Crippen molar-refractivity contribution < 1.29 is 14.6 Å². The second-order valence-electron chi connectivity index (χ2n) is 5.75. The number of aliphatic hydroxyl groups is 1. The van der Waals surface area contributed by atoms with Crippen LogP contribution in [0.1, 0.15) is 90.4 Å². The third kappa shape index (κ3) is 17.7. The van der Waals surface area contributed by atoms with Crippen molar-refractivity contribution in [2.75, 3.05) is 6.61 Å². The minimum absolute atomic E-state index is 0.125. The first-order chi connectivity index (χ1) is 10.2. The number of rotatable bonds is 15. The van der Waals surface area contributed by atoms with Gasteiger partial charge in [0, 0.05) is 0 Å². The Kier molecular flexibility index (Phi) is 15.9. The summed E-state index contributed by atoms with van der Waals surface area (Å²) in [6.07, 6.45) is 15.3. The van der Waals surface area contributed by atoms with E-state index >= 15 is 0 Å². The summed E-state index contributed by atoms with van der Waals surface area (Å²) in [6, 6.07) is 0. The zero-order valence-corrected chi connectivity index (χ0v) is 14.4. The van der Waals surface area contributed by atoms with Gasteiger partial charge in [0.25, 0.3) is 0 Å². The monoisotopic (exact) mass is 320 g/mol. The molecule has 0 radical (unpaired) electrons. The van der Waals surface area contributed by atoms with Crippen molar-refractivity contribution >= 4 is 17.6 Å². The lowest BCUT2D eigenvalue weighted by Gasteiger charge is -2.05. The standard InChI is InChI=1S/C17H33ClO3/c1-2-3-4-5-6-7-8-9-10-11-12-13-14-21-17(20)15-16(18)19/h16,19H,2-15H2,1H3. The first kappa shape index (κ1) is 20.7. The van der Waals surface area contributed by atoms with Gasteiger partial charge < -0.3 is 9.84 Å². The molecule has 0 fully saturated rings. The lowest BCUT2D eigenvalue weighted by molar-refractivity contribution is -0.144. The first-order valence-corrected chi connectivity index (χ1v) is 9.08. The molecule has 0 heterocycles. The lowest BCUT2D eigenvalue weighted by Crippen LogP contribution is -2.11. The Morgan fingerprint density at radius 1 is 0.905 bits per heavy atom. The second-order valence-corrected chi connectivity index (χ2v) is 6.25. The van der Waals surface area contributed by atoms with E-state index in [4.69, 9.17) is 21.4 Å². The van der Waals surface area contributed by atoms with Crippen LogP contribution in [0, 0.1) is 0 Å². The maximum absolute atomic E-state index is 11.1. The number of carbonyl (C=O) groups excluding carboxylic acids is 1. The molecule has 21 heavy (non-hydrogen) atoms. The van der Waals surface area contributed by atoms with Crippen LogP contribution in [0.15, 0.2) is 0 Å². The van der Waals surface area contributed by atoms with Crippen LogP contribution < -0.4 is 0 Å². The summed E-state index contributed by atoms with van der Waals surface area (Å²) in [4.78, 5) is 11.1. The highest BCUT2D eigenvalue weighted by atomic mass is 35.5. The SMILES string of the molecule is CCCCCCCCCCCCCCOC(=O)CC(O)Cl. The van der Waals surface area contributed by atoms with Crippen LogP contribution in [0.5, 0.6) is 0 Å². The van der Waals surface area contributed by atoms with Crippen molar-refractivity contribution in [1.29, 1.82) is 0 Å². The predicted octanol–water partition coefficient (Wildman–Crippen LogP) is 5.18. The molecule has 0 saturated heterocycles. The molecule has 0 aliphatic carbocycles. The van der Waals surface area contributed by atoms with Gasteiger partial charge in [0.1, 0.15) is 5.56 Å². The number of ether oxygens (including phenoxy) is 1. The number of alkyl halides is 1. The number of unbranched alkanes of at least 4 members (excludes halogenated alkanes) is 11. The summed E-state index contributed by atoms with van der Waals surface area (Å²) >= 11 is 5.29. The molecule has 4 heteroatoms. The first-order valence-electron chi connectivity index (χ1n) is 8.64. The van der Waals surface area contributed by atoms with Crippen LogP contribution >= 0.6 is 11.6 Å². The highest BCUT2D eigenvalue weighted by Crippen LogP contribution is 2.12. The van der Waals surface area contributed by atoms with Gasteiger partial charge in [-0.15, -0.1) is 0 Å². The summed E-state index contributed by atoms with van der Waals surface area (Å²) in [5, 5.41) is 8.79. The molecule has 1 unspecified atom stereocenters. The van der Waals surface area contributed by atoms with E-state index < -0.39 is 11.5 Å². The maximum Gasteiger partial charge on any atom is 0.309 e. The molecule has 126 valence electrons. The van der Waals surface area contributed by atoms with Crippen LogP contribution in [0.4, 0.5) is 0 Å². The average molecular weight is 321 g/mol. The topological polar surface area (TPSA) is 46.5 Å². The van der Waals surface area contributed by atoms with E-state index in [1.54, 1.807) is 0 Å². The van der Waals surface area contributed by atoms with E-state index in [0.717, 1.165) is 12.8 Å². The summed E-state index contributed by atoms with van der Waals surface area (Å²) in [7, 11) is 0. The molecule has 0 bridgehead atoms. The van der Waals surface area contributed by atoms with Crippen LogP contribution in [0.25, 0.3) is 0 Å². The van der Waals surface area contributed by atoms with Gasteiger partial charge in [-0.1, -0.05) is 89.2 Å². The quantitative estimate of drug-likeness (QED) is 0.257. The fraction of sp³-hybridized carbons (Fsp3) is 0.941. The van der Waals surface area contributed by atoms with Crippen molar-refractivity contribution in [3.05, 3.63) is 0 Å². The molecule has 0 spiro atoms. The molecule has 0 saturated carbocycles. The Hall–Kier alpha value is -0.280. The molecule has 3 nitrogen and oxygen atoms in total. The van der Waals surface area contributed by atoms with Gasteiger partial charge in [0.05, 0.1) is 13.0 Å². The Balaban J connectivity index is 3.07. The molecule has 0 aromatic rings. The maximum atomic E-state index is 11.1. The minimum atomic E-state index is -1.13. The Morgan fingerprint density at radius 2 is 1.33 bits per heavy atom. The van der Waals surface area contributed by atoms with Gasteiger partial charge in [-0.05, 0) is 6.42 Å². The molecule has 1 N–H and O–H groups in total. The van der Waals surface area contributed by atoms with Gasteiger partial charge in [-0.25, -0.2) is 0 Å². The van der Waals surface area contributed by atoms with Crippen molar-refractivity contribution in [2.24, 2.45) is 0 Å². The van der Waals surface area contributed by atoms with E-state index in [2.05, 4.69) is 6.92 Å².